The summed E-state index contributed by atoms with van der Waals surface area (Å²) in [6.45, 7) is 4.25. The van der Waals surface area contributed by atoms with Gasteiger partial charge in [0, 0.05) is 43.7 Å². The highest BCUT2D eigenvalue weighted by Crippen LogP contribution is 2.37. The average molecular weight is 412 g/mol. The number of nitrogens with zero attached hydrogens (tertiary/aromatic N) is 2. The summed E-state index contributed by atoms with van der Waals surface area (Å²) in [6.07, 6.45) is 13.6. The van der Waals surface area contributed by atoms with Crippen LogP contribution < -0.4 is 10.9 Å². The number of likely N-dealkylation sites (tertiary alicyclic amines) is 1. The highest BCUT2D eigenvalue weighted by Gasteiger charge is 2.36. The van der Waals surface area contributed by atoms with Crippen LogP contribution in [0.4, 0.5) is 5.69 Å². The van der Waals surface area contributed by atoms with Gasteiger partial charge in [-0.25, -0.2) is 0 Å². The van der Waals surface area contributed by atoms with Crippen molar-refractivity contribution < 1.29 is 4.79 Å². The maximum atomic E-state index is 13.2. The second kappa shape index (κ2) is 8.86. The van der Waals surface area contributed by atoms with Crippen LogP contribution in [0.2, 0.25) is 0 Å². The quantitative estimate of drug-likeness (QED) is 0.801. The van der Waals surface area contributed by atoms with E-state index in [1.165, 1.54) is 57.2 Å². The number of rotatable bonds is 4. The van der Waals surface area contributed by atoms with Crippen molar-refractivity contribution >= 4 is 11.6 Å². The van der Waals surface area contributed by atoms with Crippen LogP contribution in [0.15, 0.2) is 16.9 Å². The molecule has 2 atom stereocenters. The monoisotopic (exact) mass is 411 g/mol. The fourth-order valence-corrected chi connectivity index (χ4v) is 6.62. The predicted octanol–water partition coefficient (Wildman–Crippen LogP) is 4.37. The summed E-state index contributed by atoms with van der Waals surface area (Å²) in [4.78, 5) is 28.5. The fourth-order valence-electron chi connectivity index (χ4n) is 6.62. The smallest absolute Gasteiger partial charge is 0.274 e. The lowest BCUT2D eigenvalue weighted by atomic mass is 9.81. The SMILES string of the molecule is O=C(Nc1ccc2n(c1=O)C[C@@H]1C[C@@H]2CN(CC2CCCCC2)C1)C1CCCCC1. The molecular formula is C25H37N3O2. The molecular weight excluding hydrogens is 374 g/mol. The standard InChI is InChI=1S/C25H37N3O2/c29-24(20-9-5-2-6-10-20)26-22-11-12-23-21-13-19(16-28(23)25(22)30)15-27(17-21)14-18-7-3-1-4-8-18/h11-12,18-21H,1-10,13-17H2,(H,26,29)/t19-,21-/m1/s1. The molecule has 0 radical (unpaired) electrons. The molecule has 2 aliphatic heterocycles. The molecule has 0 aromatic carbocycles. The molecule has 5 rings (SSSR count). The number of pyridine rings is 1. The summed E-state index contributed by atoms with van der Waals surface area (Å²) in [5, 5.41) is 2.98. The Hall–Kier alpha value is -1.62. The van der Waals surface area contributed by atoms with Crippen LogP contribution in [0.3, 0.4) is 0 Å². The number of carbonyl (C=O) groups is 1. The van der Waals surface area contributed by atoms with Gasteiger partial charge in [-0.1, -0.05) is 38.5 Å². The molecule has 164 valence electrons. The highest BCUT2D eigenvalue weighted by molar-refractivity contribution is 5.92. The number of carbonyl (C=O) groups excluding carboxylic acids is 1. The van der Waals surface area contributed by atoms with Crippen LogP contribution in [0, 0.1) is 17.8 Å². The Labute approximate surface area is 180 Å². The van der Waals surface area contributed by atoms with E-state index in [0.717, 1.165) is 51.2 Å². The van der Waals surface area contributed by atoms with E-state index < -0.39 is 0 Å². The van der Waals surface area contributed by atoms with Crippen LogP contribution in [-0.4, -0.2) is 35.0 Å². The Bertz CT molecular complexity index is 820. The zero-order valence-electron chi connectivity index (χ0n) is 18.3. The van der Waals surface area contributed by atoms with Gasteiger partial charge < -0.3 is 14.8 Å². The van der Waals surface area contributed by atoms with E-state index in [2.05, 4.69) is 16.3 Å². The Kier molecular flexibility index (Phi) is 5.99. The summed E-state index contributed by atoms with van der Waals surface area (Å²) in [5.41, 5.74) is 1.67. The van der Waals surface area contributed by atoms with E-state index in [4.69, 9.17) is 0 Å². The third-order valence-electron chi connectivity index (χ3n) is 8.15. The van der Waals surface area contributed by atoms with Gasteiger partial charge in [0.05, 0.1) is 0 Å². The van der Waals surface area contributed by atoms with Crippen LogP contribution in [0.25, 0.3) is 0 Å². The van der Waals surface area contributed by atoms with Crippen LogP contribution >= 0.6 is 0 Å². The molecule has 30 heavy (non-hydrogen) atoms. The molecule has 2 saturated carbocycles. The Morgan fingerprint density at radius 3 is 2.43 bits per heavy atom. The third kappa shape index (κ3) is 4.23. The van der Waals surface area contributed by atoms with Gasteiger partial charge in [0.2, 0.25) is 5.91 Å². The van der Waals surface area contributed by atoms with Crippen molar-refractivity contribution in [3.63, 3.8) is 0 Å². The van der Waals surface area contributed by atoms with Gasteiger partial charge in [-0.15, -0.1) is 0 Å². The van der Waals surface area contributed by atoms with Gasteiger partial charge in [0.1, 0.15) is 5.69 Å². The molecule has 5 heteroatoms. The van der Waals surface area contributed by atoms with E-state index in [1.807, 2.05) is 10.6 Å². The molecule has 2 bridgehead atoms. The van der Waals surface area contributed by atoms with Crippen molar-refractivity contribution in [1.29, 1.82) is 0 Å². The van der Waals surface area contributed by atoms with Crippen molar-refractivity contribution in [2.45, 2.75) is 83.1 Å². The van der Waals surface area contributed by atoms with Crippen molar-refractivity contribution in [2.75, 3.05) is 25.0 Å². The lowest BCUT2D eigenvalue weighted by Gasteiger charge is -2.44. The largest absolute Gasteiger partial charge is 0.321 e. The Morgan fingerprint density at radius 1 is 0.933 bits per heavy atom. The first-order valence-electron chi connectivity index (χ1n) is 12.4. The molecule has 5 nitrogen and oxygen atoms in total. The molecule has 4 aliphatic rings. The zero-order valence-corrected chi connectivity index (χ0v) is 18.3. The molecule has 1 amide bonds. The second-order valence-corrected chi connectivity index (χ2v) is 10.4. The number of aromatic nitrogens is 1. The van der Waals surface area contributed by atoms with Gasteiger partial charge in [-0.2, -0.15) is 0 Å². The minimum Gasteiger partial charge on any atom is -0.321 e. The number of amides is 1. The van der Waals surface area contributed by atoms with Crippen molar-refractivity contribution in [2.24, 2.45) is 17.8 Å². The van der Waals surface area contributed by atoms with E-state index in [0.29, 0.717) is 17.5 Å². The van der Waals surface area contributed by atoms with Gasteiger partial charge in [-0.05, 0) is 56.1 Å². The lowest BCUT2D eigenvalue weighted by molar-refractivity contribution is -0.120. The molecule has 2 aliphatic carbocycles. The first-order chi connectivity index (χ1) is 14.7. The molecule has 0 spiro atoms. The van der Waals surface area contributed by atoms with Crippen LogP contribution in [0.1, 0.15) is 82.2 Å². The molecule has 3 heterocycles. The second-order valence-electron chi connectivity index (χ2n) is 10.4. The number of anilines is 1. The molecule has 1 aromatic rings. The first kappa shape index (κ1) is 20.3. The van der Waals surface area contributed by atoms with Gasteiger partial charge >= 0.3 is 0 Å². The van der Waals surface area contributed by atoms with E-state index in [-0.39, 0.29) is 17.4 Å². The van der Waals surface area contributed by atoms with E-state index in [1.54, 1.807) is 0 Å². The summed E-state index contributed by atoms with van der Waals surface area (Å²) in [6, 6.07) is 3.98. The summed E-state index contributed by atoms with van der Waals surface area (Å²) < 4.78 is 1.98. The van der Waals surface area contributed by atoms with Gasteiger partial charge in [0.25, 0.3) is 5.56 Å². The summed E-state index contributed by atoms with van der Waals surface area (Å²) in [7, 11) is 0. The van der Waals surface area contributed by atoms with Crippen LogP contribution in [-0.2, 0) is 11.3 Å². The third-order valence-corrected chi connectivity index (χ3v) is 8.15. The normalized spacial score (nSPS) is 28.1. The van der Waals surface area contributed by atoms with Crippen LogP contribution in [0.5, 0.6) is 0 Å². The number of hydrogen-bond acceptors (Lipinski definition) is 3. The van der Waals surface area contributed by atoms with Gasteiger partial charge in [-0.3, -0.25) is 9.59 Å². The molecule has 1 N–H and O–H groups in total. The maximum absolute atomic E-state index is 13.2. The fraction of sp³-hybridized carbons (Fsp3) is 0.760. The summed E-state index contributed by atoms with van der Waals surface area (Å²) >= 11 is 0. The number of hydrogen-bond donors (Lipinski definition) is 1. The zero-order chi connectivity index (χ0) is 20.5. The van der Waals surface area contributed by atoms with E-state index >= 15 is 0 Å². The average Bonchev–Trinajstić information content (AvgIpc) is 2.77. The minimum absolute atomic E-state index is 0.00656. The number of piperidine rings is 1. The molecule has 1 saturated heterocycles. The number of fused-ring (bicyclic) bond motifs is 4. The molecule has 0 unspecified atom stereocenters. The van der Waals surface area contributed by atoms with Crippen molar-refractivity contribution in [3.8, 4) is 0 Å². The van der Waals surface area contributed by atoms with Crippen molar-refractivity contribution in [3.05, 3.63) is 28.2 Å². The Morgan fingerprint density at radius 2 is 1.67 bits per heavy atom. The topological polar surface area (TPSA) is 54.3 Å². The molecule has 3 fully saturated rings. The lowest BCUT2D eigenvalue weighted by Crippen LogP contribution is -2.48. The predicted molar refractivity (Wildman–Crippen MR) is 120 cm³/mol. The van der Waals surface area contributed by atoms with Crippen molar-refractivity contribution in [1.82, 2.24) is 9.47 Å². The maximum Gasteiger partial charge on any atom is 0.274 e. The van der Waals surface area contributed by atoms with Gasteiger partial charge in [0.15, 0.2) is 0 Å². The summed E-state index contributed by atoms with van der Waals surface area (Å²) in [5.74, 6) is 2.00. The number of nitrogens with one attached hydrogen (secondary N) is 1. The highest BCUT2D eigenvalue weighted by atomic mass is 16.2. The minimum atomic E-state index is 0.00656. The molecule has 1 aromatic heterocycles. The Balaban J connectivity index is 1.28. The first-order valence-corrected chi connectivity index (χ1v) is 12.4. The van der Waals surface area contributed by atoms with E-state index in [9.17, 15) is 9.59 Å².